The number of carbonyl (C=O) groups is 1. The molecule has 0 saturated carbocycles. The number of anilines is 1. The van der Waals surface area contributed by atoms with E-state index in [1.165, 1.54) is 23.9 Å². The van der Waals surface area contributed by atoms with E-state index in [-0.39, 0.29) is 16.8 Å². The molecule has 7 heteroatoms. The van der Waals surface area contributed by atoms with E-state index in [2.05, 4.69) is 10.0 Å². The topological polar surface area (TPSA) is 75.3 Å². The first-order chi connectivity index (χ1) is 11.8. The monoisotopic (exact) mass is 378 g/mol. The number of thioether (sulfide) groups is 1. The lowest BCUT2D eigenvalue weighted by atomic mass is 10.2. The van der Waals surface area contributed by atoms with Crippen LogP contribution in [0.4, 0.5) is 5.69 Å². The van der Waals surface area contributed by atoms with Gasteiger partial charge in [-0.25, -0.2) is 13.1 Å². The maximum Gasteiger partial charge on any atom is 0.240 e. The summed E-state index contributed by atoms with van der Waals surface area (Å²) < 4.78 is 26.7. The minimum atomic E-state index is -3.52. The van der Waals surface area contributed by atoms with Gasteiger partial charge in [0.2, 0.25) is 15.9 Å². The SMILES string of the molecule is Cc1ccccc1SCC(=O)Nc1ccc(S(=O)(=O)NC(C)C)cc1. The average Bonchev–Trinajstić information content (AvgIpc) is 2.53. The molecule has 2 aromatic rings. The highest BCUT2D eigenvalue weighted by Gasteiger charge is 2.15. The zero-order valence-corrected chi connectivity index (χ0v) is 16.1. The number of carbonyl (C=O) groups excluding carboxylic acids is 1. The summed E-state index contributed by atoms with van der Waals surface area (Å²) >= 11 is 1.47. The maximum absolute atomic E-state index is 12.1. The normalized spacial score (nSPS) is 11.5. The predicted molar refractivity (Wildman–Crippen MR) is 102 cm³/mol. The minimum Gasteiger partial charge on any atom is -0.325 e. The van der Waals surface area contributed by atoms with Crippen LogP contribution in [0, 0.1) is 6.92 Å². The molecule has 0 bridgehead atoms. The van der Waals surface area contributed by atoms with Crippen LogP contribution >= 0.6 is 11.8 Å². The van der Waals surface area contributed by atoms with Gasteiger partial charge in [0.25, 0.3) is 0 Å². The molecule has 2 rings (SSSR count). The smallest absolute Gasteiger partial charge is 0.240 e. The molecule has 0 aromatic heterocycles. The number of hydrogen-bond acceptors (Lipinski definition) is 4. The van der Waals surface area contributed by atoms with Crippen molar-refractivity contribution in [3.05, 3.63) is 54.1 Å². The number of hydrogen-bond donors (Lipinski definition) is 2. The third kappa shape index (κ3) is 5.88. The van der Waals surface area contributed by atoms with E-state index in [1.807, 2.05) is 31.2 Å². The molecule has 2 aromatic carbocycles. The molecule has 0 atom stereocenters. The van der Waals surface area contributed by atoms with Gasteiger partial charge in [-0.3, -0.25) is 4.79 Å². The van der Waals surface area contributed by atoms with E-state index in [0.717, 1.165) is 10.5 Å². The summed E-state index contributed by atoms with van der Waals surface area (Å²) in [5.74, 6) is 0.156. The molecule has 134 valence electrons. The van der Waals surface area contributed by atoms with Crippen molar-refractivity contribution in [2.45, 2.75) is 36.6 Å². The highest BCUT2D eigenvalue weighted by Crippen LogP contribution is 2.22. The molecule has 0 aliphatic heterocycles. The van der Waals surface area contributed by atoms with Gasteiger partial charge in [-0.1, -0.05) is 18.2 Å². The molecular formula is C18H22N2O3S2. The zero-order chi connectivity index (χ0) is 18.4. The van der Waals surface area contributed by atoms with Crippen molar-refractivity contribution in [1.29, 1.82) is 0 Å². The summed E-state index contributed by atoms with van der Waals surface area (Å²) in [6, 6.07) is 13.8. The molecule has 0 heterocycles. The van der Waals surface area contributed by atoms with Crippen LogP contribution in [0.5, 0.6) is 0 Å². The van der Waals surface area contributed by atoms with Crippen molar-refractivity contribution in [1.82, 2.24) is 4.72 Å². The van der Waals surface area contributed by atoms with Crippen molar-refractivity contribution < 1.29 is 13.2 Å². The number of nitrogens with one attached hydrogen (secondary N) is 2. The molecule has 25 heavy (non-hydrogen) atoms. The van der Waals surface area contributed by atoms with Crippen LogP contribution in [0.1, 0.15) is 19.4 Å². The summed E-state index contributed by atoms with van der Waals surface area (Å²) in [6.07, 6.45) is 0. The highest BCUT2D eigenvalue weighted by molar-refractivity contribution is 8.00. The second-order valence-electron chi connectivity index (χ2n) is 5.90. The number of sulfonamides is 1. The fraction of sp³-hybridized carbons (Fsp3) is 0.278. The van der Waals surface area contributed by atoms with E-state index in [1.54, 1.807) is 26.0 Å². The molecule has 2 N–H and O–H groups in total. The van der Waals surface area contributed by atoms with Crippen LogP contribution < -0.4 is 10.0 Å². The van der Waals surface area contributed by atoms with Crippen molar-refractivity contribution in [2.24, 2.45) is 0 Å². The third-order valence-electron chi connectivity index (χ3n) is 3.29. The Bertz CT molecular complexity index is 832. The van der Waals surface area contributed by atoms with Crippen molar-refractivity contribution >= 4 is 33.4 Å². The summed E-state index contributed by atoms with van der Waals surface area (Å²) in [5, 5.41) is 2.78. The standard InChI is InChI=1S/C18H22N2O3S2/c1-13(2)20-25(22,23)16-10-8-15(9-11-16)19-18(21)12-24-17-7-5-4-6-14(17)3/h4-11,13,20H,12H2,1-3H3,(H,19,21). The highest BCUT2D eigenvalue weighted by atomic mass is 32.2. The van der Waals surface area contributed by atoms with Gasteiger partial charge in [0, 0.05) is 16.6 Å². The summed E-state index contributed by atoms with van der Waals surface area (Å²) in [5.41, 5.74) is 1.70. The van der Waals surface area contributed by atoms with Gasteiger partial charge in [0.1, 0.15) is 0 Å². The van der Waals surface area contributed by atoms with E-state index in [4.69, 9.17) is 0 Å². The molecular weight excluding hydrogens is 356 g/mol. The van der Waals surface area contributed by atoms with Gasteiger partial charge < -0.3 is 5.32 Å². The third-order valence-corrected chi connectivity index (χ3v) is 6.14. The molecule has 1 amide bonds. The Hall–Kier alpha value is -1.83. The second kappa shape index (κ2) is 8.51. The molecule has 0 fully saturated rings. The van der Waals surface area contributed by atoms with Crippen molar-refractivity contribution in [2.75, 3.05) is 11.1 Å². The van der Waals surface area contributed by atoms with E-state index in [0.29, 0.717) is 11.4 Å². The largest absolute Gasteiger partial charge is 0.325 e. The van der Waals surface area contributed by atoms with E-state index in [9.17, 15) is 13.2 Å². The van der Waals surface area contributed by atoms with Gasteiger partial charge in [-0.05, 0) is 56.7 Å². The Morgan fingerprint density at radius 3 is 2.32 bits per heavy atom. The van der Waals surface area contributed by atoms with E-state index >= 15 is 0 Å². The molecule has 0 saturated heterocycles. The number of aryl methyl sites for hydroxylation is 1. The number of rotatable bonds is 7. The van der Waals surface area contributed by atoms with Crippen LogP contribution in [0.2, 0.25) is 0 Å². The number of amides is 1. The molecule has 5 nitrogen and oxygen atoms in total. The predicted octanol–water partition coefficient (Wildman–Crippen LogP) is 3.41. The first-order valence-corrected chi connectivity index (χ1v) is 10.4. The van der Waals surface area contributed by atoms with Crippen LogP contribution in [0.25, 0.3) is 0 Å². The molecule has 0 aliphatic carbocycles. The summed E-state index contributed by atoms with van der Waals surface area (Å²) in [4.78, 5) is 13.3. The fourth-order valence-corrected chi connectivity index (χ4v) is 4.23. The van der Waals surface area contributed by atoms with Crippen LogP contribution in [-0.2, 0) is 14.8 Å². The van der Waals surface area contributed by atoms with Crippen molar-refractivity contribution in [3.8, 4) is 0 Å². The average molecular weight is 379 g/mol. The Kier molecular flexibility index (Phi) is 6.64. The van der Waals surface area contributed by atoms with Crippen LogP contribution in [0.15, 0.2) is 58.3 Å². The summed E-state index contributed by atoms with van der Waals surface area (Å²) in [7, 11) is -3.52. The molecule has 0 unspecified atom stereocenters. The molecule has 0 radical (unpaired) electrons. The van der Waals surface area contributed by atoms with E-state index < -0.39 is 10.0 Å². The Morgan fingerprint density at radius 1 is 1.08 bits per heavy atom. The van der Waals surface area contributed by atoms with Crippen molar-refractivity contribution in [3.63, 3.8) is 0 Å². The Balaban J connectivity index is 1.94. The fourth-order valence-electron chi connectivity index (χ4n) is 2.15. The van der Waals surface area contributed by atoms with Gasteiger partial charge in [0.05, 0.1) is 10.6 Å². The summed E-state index contributed by atoms with van der Waals surface area (Å²) in [6.45, 7) is 5.53. The minimum absolute atomic E-state index is 0.135. The lowest BCUT2D eigenvalue weighted by Crippen LogP contribution is -2.30. The Morgan fingerprint density at radius 2 is 1.72 bits per heavy atom. The molecule has 0 aliphatic rings. The maximum atomic E-state index is 12.1. The lowest BCUT2D eigenvalue weighted by Gasteiger charge is -2.10. The first-order valence-electron chi connectivity index (χ1n) is 7.88. The van der Waals surface area contributed by atoms with Gasteiger partial charge in [-0.15, -0.1) is 11.8 Å². The van der Waals surface area contributed by atoms with Gasteiger partial charge >= 0.3 is 0 Å². The quantitative estimate of drug-likeness (QED) is 0.724. The van der Waals surface area contributed by atoms with Crippen LogP contribution in [0.3, 0.4) is 0 Å². The Labute approximate surface area is 153 Å². The van der Waals surface area contributed by atoms with Gasteiger partial charge in [0.15, 0.2) is 0 Å². The zero-order valence-electron chi connectivity index (χ0n) is 14.4. The van der Waals surface area contributed by atoms with Crippen LogP contribution in [-0.4, -0.2) is 26.1 Å². The second-order valence-corrected chi connectivity index (χ2v) is 8.63. The molecule has 0 spiro atoms. The number of benzene rings is 2. The lowest BCUT2D eigenvalue weighted by molar-refractivity contribution is -0.113. The van der Waals surface area contributed by atoms with Gasteiger partial charge in [-0.2, -0.15) is 0 Å². The first kappa shape index (κ1) is 19.5.